The topological polar surface area (TPSA) is 74.8 Å². The molecule has 9 nitrogen and oxygen atoms in total. The van der Waals surface area contributed by atoms with E-state index < -0.39 is 0 Å². The van der Waals surface area contributed by atoms with Gasteiger partial charge in [0, 0.05) is 76.9 Å². The molecule has 5 rings (SSSR count). The van der Waals surface area contributed by atoms with Gasteiger partial charge in [-0.05, 0) is 81.4 Å². The second-order valence-corrected chi connectivity index (χ2v) is 11.8. The van der Waals surface area contributed by atoms with Crippen LogP contribution in [0.15, 0.2) is 48.5 Å². The zero-order valence-electron chi connectivity index (χ0n) is 25.8. The molecule has 0 aliphatic carbocycles. The van der Waals surface area contributed by atoms with Crippen LogP contribution in [0.25, 0.3) is 0 Å². The van der Waals surface area contributed by atoms with Crippen molar-refractivity contribution in [2.45, 2.75) is 51.1 Å². The Kier molecular flexibility index (Phi) is 11.8. The minimum absolute atomic E-state index is 0.0193. The molecule has 2 aromatic rings. The monoisotopic (exact) mass is 592 g/mol. The standard InChI is InChI=1S/C34H48N4O5/c1-41-27-33(39)38-19-7-18-36(30-13-23-42-24-14-30)20-21-37(26-29-9-2-3-12-32(29)38)34(40)28-10-6-11-31(25-28)43-22-8-17-35-15-4-5-16-35/h2-3,6,9-12,25,30H,4-5,7-8,13-24,26-27H2,1H3. The molecule has 0 aromatic heterocycles. The van der Waals surface area contributed by atoms with Gasteiger partial charge in [0.15, 0.2) is 0 Å². The highest BCUT2D eigenvalue weighted by Crippen LogP contribution is 2.26. The van der Waals surface area contributed by atoms with Crippen LogP contribution in [0.5, 0.6) is 5.75 Å². The Balaban J connectivity index is 1.35. The van der Waals surface area contributed by atoms with Gasteiger partial charge in [0.2, 0.25) is 0 Å². The number of anilines is 1. The minimum atomic E-state index is -0.0701. The van der Waals surface area contributed by atoms with Gasteiger partial charge in [0.25, 0.3) is 11.8 Å². The molecule has 9 heteroatoms. The van der Waals surface area contributed by atoms with E-state index in [1.54, 1.807) is 7.11 Å². The lowest BCUT2D eigenvalue weighted by Crippen LogP contribution is -2.45. The molecule has 0 spiro atoms. The number of hydrogen-bond acceptors (Lipinski definition) is 7. The fourth-order valence-corrected chi connectivity index (χ4v) is 6.54. The lowest BCUT2D eigenvalue weighted by Gasteiger charge is -2.35. The molecule has 0 radical (unpaired) electrons. The summed E-state index contributed by atoms with van der Waals surface area (Å²) in [5.74, 6) is 0.628. The van der Waals surface area contributed by atoms with Crippen LogP contribution >= 0.6 is 0 Å². The minimum Gasteiger partial charge on any atom is -0.494 e. The molecule has 234 valence electrons. The van der Waals surface area contributed by atoms with Crippen LogP contribution in [0.2, 0.25) is 0 Å². The first-order valence-electron chi connectivity index (χ1n) is 16.1. The van der Waals surface area contributed by atoms with E-state index in [9.17, 15) is 9.59 Å². The largest absolute Gasteiger partial charge is 0.494 e. The fraction of sp³-hybridized carbons (Fsp3) is 0.588. The lowest BCUT2D eigenvalue weighted by atomic mass is 10.1. The number of ether oxygens (including phenoxy) is 3. The zero-order chi connectivity index (χ0) is 29.9. The van der Waals surface area contributed by atoms with Gasteiger partial charge < -0.3 is 28.9 Å². The van der Waals surface area contributed by atoms with Crippen LogP contribution in [0.1, 0.15) is 54.4 Å². The Labute approximate surface area is 256 Å². The third-order valence-corrected chi connectivity index (χ3v) is 8.86. The van der Waals surface area contributed by atoms with Crippen molar-refractivity contribution >= 4 is 17.5 Å². The first-order chi connectivity index (χ1) is 21.1. The molecule has 0 saturated carbocycles. The molecule has 0 N–H and O–H groups in total. The Morgan fingerprint density at radius 2 is 1.72 bits per heavy atom. The number of rotatable bonds is 9. The average Bonchev–Trinajstić information content (AvgIpc) is 3.55. The van der Waals surface area contributed by atoms with Gasteiger partial charge in [-0.3, -0.25) is 14.5 Å². The highest BCUT2D eigenvalue weighted by Gasteiger charge is 2.27. The van der Waals surface area contributed by atoms with E-state index in [1.165, 1.54) is 25.9 Å². The molecule has 0 bridgehead atoms. The van der Waals surface area contributed by atoms with E-state index in [2.05, 4.69) is 9.80 Å². The summed E-state index contributed by atoms with van der Waals surface area (Å²) in [7, 11) is 1.55. The number of benzene rings is 2. The van der Waals surface area contributed by atoms with E-state index >= 15 is 0 Å². The Bertz CT molecular complexity index is 1180. The summed E-state index contributed by atoms with van der Waals surface area (Å²) in [4.78, 5) is 36.1. The summed E-state index contributed by atoms with van der Waals surface area (Å²) in [6, 6.07) is 15.9. The number of likely N-dealkylation sites (tertiary alicyclic amines) is 1. The zero-order valence-corrected chi connectivity index (χ0v) is 25.8. The van der Waals surface area contributed by atoms with Crippen LogP contribution in [0.3, 0.4) is 0 Å². The molecule has 3 heterocycles. The van der Waals surface area contributed by atoms with Gasteiger partial charge in [-0.25, -0.2) is 0 Å². The molecule has 0 atom stereocenters. The maximum absolute atomic E-state index is 14.1. The van der Waals surface area contributed by atoms with Crippen molar-refractivity contribution in [3.8, 4) is 5.75 Å². The van der Waals surface area contributed by atoms with Crippen molar-refractivity contribution in [3.05, 3.63) is 59.7 Å². The molecule has 0 unspecified atom stereocenters. The number of fused-ring (bicyclic) bond motifs is 1. The van der Waals surface area contributed by atoms with Crippen molar-refractivity contribution in [1.29, 1.82) is 0 Å². The first-order valence-corrected chi connectivity index (χ1v) is 16.1. The first kappa shape index (κ1) is 31.4. The quantitative estimate of drug-likeness (QED) is 0.407. The fourth-order valence-electron chi connectivity index (χ4n) is 6.54. The third-order valence-electron chi connectivity index (χ3n) is 8.86. The predicted octanol–water partition coefficient (Wildman–Crippen LogP) is 4.06. The van der Waals surface area contributed by atoms with Crippen molar-refractivity contribution in [3.63, 3.8) is 0 Å². The van der Waals surface area contributed by atoms with Gasteiger partial charge in [0.05, 0.1) is 6.61 Å². The molecular formula is C34H48N4O5. The number of para-hydroxylation sites is 1. The van der Waals surface area contributed by atoms with Gasteiger partial charge >= 0.3 is 0 Å². The number of carbonyl (C=O) groups is 2. The van der Waals surface area contributed by atoms with Crippen molar-refractivity contribution in [2.75, 3.05) is 84.3 Å². The second-order valence-electron chi connectivity index (χ2n) is 11.8. The average molecular weight is 593 g/mol. The maximum Gasteiger partial charge on any atom is 0.254 e. The molecule has 2 fully saturated rings. The van der Waals surface area contributed by atoms with Crippen LogP contribution in [-0.4, -0.2) is 112 Å². The number of amides is 2. The molecule has 2 saturated heterocycles. The highest BCUT2D eigenvalue weighted by molar-refractivity contribution is 5.96. The van der Waals surface area contributed by atoms with Gasteiger partial charge in [-0.1, -0.05) is 24.3 Å². The van der Waals surface area contributed by atoms with Gasteiger partial charge in [-0.15, -0.1) is 0 Å². The molecule has 3 aliphatic rings. The van der Waals surface area contributed by atoms with Crippen LogP contribution < -0.4 is 9.64 Å². The molecule has 3 aliphatic heterocycles. The lowest BCUT2D eigenvalue weighted by molar-refractivity contribution is -0.122. The number of methoxy groups -OCH3 is 1. The van der Waals surface area contributed by atoms with Crippen LogP contribution in [0.4, 0.5) is 5.69 Å². The van der Waals surface area contributed by atoms with E-state index in [-0.39, 0.29) is 18.4 Å². The van der Waals surface area contributed by atoms with Gasteiger partial charge in [-0.2, -0.15) is 0 Å². The molecule has 43 heavy (non-hydrogen) atoms. The van der Waals surface area contributed by atoms with Crippen molar-refractivity contribution < 1.29 is 23.8 Å². The van der Waals surface area contributed by atoms with Crippen LogP contribution in [-0.2, 0) is 20.8 Å². The predicted molar refractivity (Wildman–Crippen MR) is 168 cm³/mol. The van der Waals surface area contributed by atoms with E-state index in [0.717, 1.165) is 75.5 Å². The summed E-state index contributed by atoms with van der Waals surface area (Å²) in [5, 5.41) is 0. The van der Waals surface area contributed by atoms with E-state index in [4.69, 9.17) is 14.2 Å². The second kappa shape index (κ2) is 16.2. The number of nitrogens with zero attached hydrogens (tertiary/aromatic N) is 4. The molecule has 2 amide bonds. The number of hydrogen-bond donors (Lipinski definition) is 0. The SMILES string of the molecule is COCC(=O)N1CCCN(C2CCOCC2)CCN(C(=O)c2cccc(OCCCN3CCCC3)c2)Cc2ccccc21. The summed E-state index contributed by atoms with van der Waals surface area (Å²) in [5.41, 5.74) is 2.42. The third kappa shape index (κ3) is 8.79. The van der Waals surface area contributed by atoms with Gasteiger partial charge in [0.1, 0.15) is 12.4 Å². The Morgan fingerprint density at radius 1 is 0.907 bits per heavy atom. The normalized spacial score (nSPS) is 19.6. The maximum atomic E-state index is 14.1. The van der Waals surface area contributed by atoms with Crippen LogP contribution in [0, 0.1) is 0 Å². The summed E-state index contributed by atoms with van der Waals surface area (Å²) >= 11 is 0. The summed E-state index contributed by atoms with van der Waals surface area (Å²) in [6.45, 7) is 8.85. The Morgan fingerprint density at radius 3 is 2.53 bits per heavy atom. The summed E-state index contributed by atoms with van der Waals surface area (Å²) in [6.07, 6.45) is 6.36. The summed E-state index contributed by atoms with van der Waals surface area (Å²) < 4.78 is 17.0. The molecular weight excluding hydrogens is 544 g/mol. The smallest absolute Gasteiger partial charge is 0.254 e. The Hall–Kier alpha value is -2.98. The van der Waals surface area contributed by atoms with E-state index in [0.29, 0.717) is 37.8 Å². The van der Waals surface area contributed by atoms with Crippen molar-refractivity contribution in [2.24, 2.45) is 0 Å². The number of carbonyl (C=O) groups excluding carboxylic acids is 2. The molecule has 2 aromatic carbocycles. The van der Waals surface area contributed by atoms with E-state index in [1.807, 2.05) is 58.3 Å². The highest BCUT2D eigenvalue weighted by atomic mass is 16.5. The van der Waals surface area contributed by atoms with Crippen molar-refractivity contribution in [1.82, 2.24) is 14.7 Å².